The Labute approximate surface area is 229 Å². The molecule has 0 fully saturated rings. The van der Waals surface area contributed by atoms with Gasteiger partial charge < -0.3 is 15.0 Å². The summed E-state index contributed by atoms with van der Waals surface area (Å²) in [5, 5.41) is 2.79. The summed E-state index contributed by atoms with van der Waals surface area (Å²) in [7, 11) is -2.81. The van der Waals surface area contributed by atoms with Crippen molar-refractivity contribution in [3.05, 3.63) is 89.7 Å². The van der Waals surface area contributed by atoms with Crippen LogP contribution in [0.15, 0.2) is 77.7 Å². The number of ether oxygens (including phenoxy) is 1. The largest absolute Gasteiger partial charge is 0.495 e. The van der Waals surface area contributed by atoms with E-state index in [-0.39, 0.29) is 28.9 Å². The molecule has 8 nitrogen and oxygen atoms in total. The lowest BCUT2D eigenvalue weighted by Gasteiger charge is -2.32. The zero-order valence-electron chi connectivity index (χ0n) is 22.7. The van der Waals surface area contributed by atoms with Crippen LogP contribution in [0.25, 0.3) is 0 Å². The average Bonchev–Trinajstić information content (AvgIpc) is 2.90. The second kappa shape index (κ2) is 12.8. The Morgan fingerprint density at radius 2 is 1.56 bits per heavy atom. The summed E-state index contributed by atoms with van der Waals surface area (Å²) in [6.07, 6.45) is 0. The number of carbonyl (C=O) groups is 2. The zero-order valence-corrected chi connectivity index (χ0v) is 23.5. The van der Waals surface area contributed by atoms with Crippen LogP contribution in [0.3, 0.4) is 0 Å². The number of carbonyl (C=O) groups excluding carboxylic acids is 2. The van der Waals surface area contributed by atoms with Gasteiger partial charge in [-0.3, -0.25) is 13.9 Å². The first-order chi connectivity index (χ1) is 18.4. The van der Waals surface area contributed by atoms with E-state index in [1.54, 1.807) is 57.2 Å². The standard InChI is InChI=1S/C29H34FN3O5S/c1-20(2)31-29(35)22(4)32(18-23-12-14-24(30)15-13-23)28(34)19-33(26-8-6-7-9-27(26)38-5)39(36,37)25-16-10-21(3)11-17-25/h6-17,20,22H,18-19H2,1-5H3,(H,31,35)/t22-/m0/s1. The highest BCUT2D eigenvalue weighted by Crippen LogP contribution is 2.32. The summed E-state index contributed by atoms with van der Waals surface area (Å²) in [5.41, 5.74) is 1.64. The number of rotatable bonds is 11. The van der Waals surface area contributed by atoms with Gasteiger partial charge in [-0.25, -0.2) is 12.8 Å². The number of nitrogens with zero attached hydrogens (tertiary/aromatic N) is 2. The maximum absolute atomic E-state index is 13.9. The van der Waals surface area contributed by atoms with Crippen LogP contribution in [0, 0.1) is 12.7 Å². The van der Waals surface area contributed by atoms with Crippen molar-refractivity contribution >= 4 is 27.5 Å². The molecule has 1 N–H and O–H groups in total. The molecule has 1 atom stereocenters. The molecule has 0 aliphatic carbocycles. The third-order valence-electron chi connectivity index (χ3n) is 6.11. The molecule has 0 aliphatic rings. The number of benzene rings is 3. The average molecular weight is 556 g/mol. The van der Waals surface area contributed by atoms with Gasteiger partial charge in [-0.2, -0.15) is 0 Å². The van der Waals surface area contributed by atoms with Crippen LogP contribution in [0.2, 0.25) is 0 Å². The lowest BCUT2D eigenvalue weighted by atomic mass is 10.1. The zero-order chi connectivity index (χ0) is 28.7. The number of anilines is 1. The third-order valence-corrected chi connectivity index (χ3v) is 7.88. The SMILES string of the molecule is COc1ccccc1N(CC(=O)N(Cc1ccc(F)cc1)[C@@H](C)C(=O)NC(C)C)S(=O)(=O)c1ccc(C)cc1. The molecule has 0 saturated carbocycles. The molecule has 2 amide bonds. The predicted molar refractivity (Wildman–Crippen MR) is 148 cm³/mol. The van der Waals surface area contributed by atoms with Crippen molar-refractivity contribution in [2.24, 2.45) is 0 Å². The molecule has 3 rings (SSSR count). The van der Waals surface area contributed by atoms with Gasteiger partial charge in [0.15, 0.2) is 0 Å². The van der Waals surface area contributed by atoms with Crippen molar-refractivity contribution in [3.63, 3.8) is 0 Å². The van der Waals surface area contributed by atoms with Crippen molar-refractivity contribution in [2.75, 3.05) is 18.0 Å². The van der Waals surface area contributed by atoms with E-state index in [2.05, 4.69) is 5.32 Å². The van der Waals surface area contributed by atoms with Crippen LogP contribution in [0.4, 0.5) is 10.1 Å². The number of hydrogen-bond acceptors (Lipinski definition) is 5. The molecule has 0 heterocycles. The van der Waals surface area contributed by atoms with Gasteiger partial charge in [0.25, 0.3) is 10.0 Å². The van der Waals surface area contributed by atoms with E-state index in [4.69, 9.17) is 4.74 Å². The van der Waals surface area contributed by atoms with Gasteiger partial charge in [0.2, 0.25) is 11.8 Å². The van der Waals surface area contributed by atoms with Crippen molar-refractivity contribution in [1.82, 2.24) is 10.2 Å². The van der Waals surface area contributed by atoms with Gasteiger partial charge in [0.05, 0.1) is 17.7 Å². The Morgan fingerprint density at radius 1 is 0.949 bits per heavy atom. The second-order valence-corrected chi connectivity index (χ2v) is 11.3. The number of nitrogens with one attached hydrogen (secondary N) is 1. The van der Waals surface area contributed by atoms with Gasteiger partial charge in [-0.15, -0.1) is 0 Å². The van der Waals surface area contributed by atoms with Crippen molar-refractivity contribution in [3.8, 4) is 5.75 Å². The maximum Gasteiger partial charge on any atom is 0.264 e. The number of para-hydroxylation sites is 2. The van der Waals surface area contributed by atoms with E-state index >= 15 is 0 Å². The Bertz CT molecular complexity index is 1390. The van der Waals surface area contributed by atoms with Crippen molar-refractivity contribution in [1.29, 1.82) is 0 Å². The Hall–Kier alpha value is -3.92. The van der Waals surface area contributed by atoms with E-state index in [0.717, 1.165) is 9.87 Å². The maximum atomic E-state index is 13.9. The minimum Gasteiger partial charge on any atom is -0.495 e. The van der Waals surface area contributed by atoms with Crippen molar-refractivity contribution in [2.45, 2.75) is 51.2 Å². The summed E-state index contributed by atoms with van der Waals surface area (Å²) < 4.78 is 47.7. The van der Waals surface area contributed by atoms with E-state index in [1.165, 1.54) is 48.4 Å². The first kappa shape index (κ1) is 29.6. The van der Waals surface area contributed by atoms with E-state index < -0.39 is 40.2 Å². The summed E-state index contributed by atoms with van der Waals surface area (Å²) >= 11 is 0. The summed E-state index contributed by atoms with van der Waals surface area (Å²) in [6, 6.07) is 17.3. The number of aryl methyl sites for hydroxylation is 1. The monoisotopic (exact) mass is 555 g/mol. The molecule has 10 heteroatoms. The molecule has 0 saturated heterocycles. The van der Waals surface area contributed by atoms with Crippen LogP contribution in [0.5, 0.6) is 5.75 Å². The lowest BCUT2D eigenvalue weighted by molar-refractivity contribution is -0.139. The Kier molecular flexibility index (Phi) is 9.69. The normalized spacial score (nSPS) is 12.1. The topological polar surface area (TPSA) is 96.0 Å². The minimum absolute atomic E-state index is 0.00231. The fourth-order valence-electron chi connectivity index (χ4n) is 3.96. The molecule has 0 radical (unpaired) electrons. The number of halogens is 1. The number of methoxy groups -OCH3 is 1. The third kappa shape index (κ3) is 7.35. The van der Waals surface area contributed by atoms with Crippen LogP contribution >= 0.6 is 0 Å². The highest BCUT2D eigenvalue weighted by Gasteiger charge is 2.33. The molecule has 3 aromatic carbocycles. The van der Waals surface area contributed by atoms with E-state index in [0.29, 0.717) is 5.56 Å². The van der Waals surface area contributed by atoms with Crippen LogP contribution in [0.1, 0.15) is 31.9 Å². The van der Waals surface area contributed by atoms with Crippen LogP contribution < -0.4 is 14.4 Å². The molecular formula is C29H34FN3O5S. The molecule has 0 spiro atoms. The smallest absolute Gasteiger partial charge is 0.264 e. The summed E-state index contributed by atoms with van der Waals surface area (Å²) in [6.45, 7) is 6.38. The van der Waals surface area contributed by atoms with Gasteiger partial charge in [0, 0.05) is 12.6 Å². The van der Waals surface area contributed by atoms with Crippen LogP contribution in [-0.4, -0.2) is 50.9 Å². The molecule has 0 bridgehead atoms. The minimum atomic E-state index is -4.22. The first-order valence-corrected chi connectivity index (χ1v) is 13.9. The Balaban J connectivity index is 2.06. The molecule has 3 aromatic rings. The highest BCUT2D eigenvalue weighted by atomic mass is 32.2. The summed E-state index contributed by atoms with van der Waals surface area (Å²) in [4.78, 5) is 28.1. The van der Waals surface area contributed by atoms with Gasteiger partial charge >= 0.3 is 0 Å². The van der Waals surface area contributed by atoms with Crippen molar-refractivity contribution < 1.29 is 27.1 Å². The number of hydrogen-bond donors (Lipinski definition) is 1. The van der Waals surface area contributed by atoms with E-state index in [1.807, 2.05) is 6.92 Å². The predicted octanol–water partition coefficient (Wildman–Crippen LogP) is 4.28. The molecule has 0 aliphatic heterocycles. The summed E-state index contributed by atoms with van der Waals surface area (Å²) in [5.74, 6) is -1.19. The fraction of sp³-hybridized carbons (Fsp3) is 0.310. The second-order valence-electron chi connectivity index (χ2n) is 9.48. The molecule has 208 valence electrons. The molecule has 0 unspecified atom stereocenters. The van der Waals surface area contributed by atoms with Gasteiger partial charge in [-0.05, 0) is 69.7 Å². The first-order valence-electron chi connectivity index (χ1n) is 12.5. The fourth-order valence-corrected chi connectivity index (χ4v) is 5.39. The quantitative estimate of drug-likeness (QED) is 0.381. The van der Waals surface area contributed by atoms with Crippen LogP contribution in [-0.2, 0) is 26.2 Å². The Morgan fingerprint density at radius 3 is 2.15 bits per heavy atom. The van der Waals surface area contributed by atoms with Gasteiger partial charge in [-0.1, -0.05) is 42.0 Å². The van der Waals surface area contributed by atoms with E-state index in [9.17, 15) is 22.4 Å². The lowest BCUT2D eigenvalue weighted by Crippen LogP contribution is -2.52. The number of amides is 2. The molecule has 39 heavy (non-hydrogen) atoms. The number of sulfonamides is 1. The van der Waals surface area contributed by atoms with Gasteiger partial charge in [0.1, 0.15) is 24.2 Å². The molecule has 0 aromatic heterocycles. The highest BCUT2D eigenvalue weighted by molar-refractivity contribution is 7.92. The molecular weight excluding hydrogens is 521 g/mol.